The van der Waals surface area contributed by atoms with E-state index in [1.54, 1.807) is 0 Å². The highest BCUT2D eigenvalue weighted by atomic mass is 79.9. The average molecular weight is 343 g/mol. The summed E-state index contributed by atoms with van der Waals surface area (Å²) < 4.78 is 32.6. The molecule has 7 nitrogen and oxygen atoms in total. The molecular formula is C9H9BrF2N2O5. The Balaban J connectivity index is 2.51. The first-order valence-electron chi connectivity index (χ1n) is 5.12. The molecule has 1 aromatic rings. The van der Waals surface area contributed by atoms with Gasteiger partial charge in [0, 0.05) is 6.20 Å². The number of nitrogens with one attached hydrogen (secondary N) is 1. The van der Waals surface area contributed by atoms with Crippen LogP contribution in [0, 0.1) is 0 Å². The zero-order valence-electron chi connectivity index (χ0n) is 9.22. The second-order valence-electron chi connectivity index (χ2n) is 3.97. The molecule has 2 heterocycles. The molecule has 0 aliphatic carbocycles. The van der Waals surface area contributed by atoms with E-state index in [-0.39, 0.29) is 4.47 Å². The average Bonchev–Trinajstić information content (AvgIpc) is 2.56. The van der Waals surface area contributed by atoms with Gasteiger partial charge in [0.15, 0.2) is 6.10 Å². The molecule has 0 saturated carbocycles. The van der Waals surface area contributed by atoms with Gasteiger partial charge in [-0.3, -0.25) is 14.3 Å². The third-order valence-corrected chi connectivity index (χ3v) is 3.30. The SMILES string of the molecule is O=c1[nH]c(=O)n([C@H]2O[C@@H](CO)[C@H](O)C2(F)F)cc1Br. The standard InChI is InChI=1S/C9H9BrF2N2O5/c10-3-1-14(8(18)13-6(3)17)7-9(11,12)5(16)4(2-15)19-7/h1,4-5,7,15-16H,2H2,(H,13,17,18)/t4-,5-,7-/m0/s1. The van der Waals surface area contributed by atoms with Gasteiger partial charge in [0.25, 0.3) is 5.56 Å². The van der Waals surface area contributed by atoms with Gasteiger partial charge in [-0.1, -0.05) is 0 Å². The quantitative estimate of drug-likeness (QED) is 0.651. The Morgan fingerprint density at radius 3 is 2.68 bits per heavy atom. The lowest BCUT2D eigenvalue weighted by Crippen LogP contribution is -2.42. The summed E-state index contributed by atoms with van der Waals surface area (Å²) in [5.74, 6) is -3.78. The maximum absolute atomic E-state index is 13.8. The zero-order chi connectivity index (χ0) is 14.4. The van der Waals surface area contributed by atoms with Crippen molar-refractivity contribution >= 4 is 15.9 Å². The molecule has 1 aliphatic rings. The van der Waals surface area contributed by atoms with E-state index >= 15 is 0 Å². The number of aliphatic hydroxyl groups excluding tert-OH is 2. The van der Waals surface area contributed by atoms with Crippen LogP contribution in [0.5, 0.6) is 0 Å². The molecule has 3 atom stereocenters. The van der Waals surface area contributed by atoms with E-state index in [2.05, 4.69) is 15.9 Å². The molecule has 1 saturated heterocycles. The molecule has 19 heavy (non-hydrogen) atoms. The van der Waals surface area contributed by atoms with Crippen molar-refractivity contribution in [3.63, 3.8) is 0 Å². The van der Waals surface area contributed by atoms with Crippen LogP contribution in [-0.4, -0.2) is 44.5 Å². The summed E-state index contributed by atoms with van der Waals surface area (Å²) in [7, 11) is 0. The highest BCUT2D eigenvalue weighted by molar-refractivity contribution is 9.10. The Kier molecular flexibility index (Phi) is 3.60. The van der Waals surface area contributed by atoms with E-state index in [1.165, 1.54) is 0 Å². The maximum atomic E-state index is 13.8. The lowest BCUT2D eigenvalue weighted by molar-refractivity contribution is -0.141. The highest BCUT2D eigenvalue weighted by Gasteiger charge is 2.59. The molecule has 0 unspecified atom stereocenters. The van der Waals surface area contributed by atoms with Gasteiger partial charge in [-0.25, -0.2) is 4.79 Å². The summed E-state index contributed by atoms with van der Waals surface area (Å²) in [4.78, 5) is 24.4. The van der Waals surface area contributed by atoms with Gasteiger partial charge >= 0.3 is 11.6 Å². The van der Waals surface area contributed by atoms with Crippen molar-refractivity contribution in [2.75, 3.05) is 6.61 Å². The van der Waals surface area contributed by atoms with Gasteiger partial charge in [-0.2, -0.15) is 8.78 Å². The fourth-order valence-corrected chi connectivity index (χ4v) is 2.07. The number of nitrogens with zero attached hydrogens (tertiary/aromatic N) is 1. The van der Waals surface area contributed by atoms with E-state index in [1.807, 2.05) is 4.98 Å². The Hall–Kier alpha value is -1.10. The zero-order valence-corrected chi connectivity index (χ0v) is 10.8. The number of aliphatic hydroxyl groups is 2. The summed E-state index contributed by atoms with van der Waals surface area (Å²) in [5, 5.41) is 18.2. The fourth-order valence-electron chi connectivity index (χ4n) is 1.75. The topological polar surface area (TPSA) is 105 Å². The Morgan fingerprint density at radius 2 is 2.16 bits per heavy atom. The van der Waals surface area contributed by atoms with Gasteiger partial charge in [0.2, 0.25) is 6.23 Å². The highest BCUT2D eigenvalue weighted by Crippen LogP contribution is 2.41. The summed E-state index contributed by atoms with van der Waals surface area (Å²) in [5.41, 5.74) is -1.88. The predicted octanol–water partition coefficient (Wildman–Crippen LogP) is -0.815. The number of alkyl halides is 2. The van der Waals surface area contributed by atoms with Crippen LogP contribution >= 0.6 is 15.9 Å². The van der Waals surface area contributed by atoms with Crippen molar-refractivity contribution in [1.82, 2.24) is 9.55 Å². The molecule has 1 aliphatic heterocycles. The van der Waals surface area contributed by atoms with Crippen LogP contribution < -0.4 is 11.2 Å². The second kappa shape index (κ2) is 4.78. The van der Waals surface area contributed by atoms with Crippen LogP contribution in [0.2, 0.25) is 0 Å². The third kappa shape index (κ3) is 2.24. The number of hydrogen-bond donors (Lipinski definition) is 3. The molecule has 1 fully saturated rings. The molecule has 0 aromatic carbocycles. The van der Waals surface area contributed by atoms with Crippen LogP contribution in [-0.2, 0) is 4.74 Å². The first kappa shape index (κ1) is 14.3. The molecule has 2 rings (SSSR count). The molecule has 0 bridgehead atoms. The summed E-state index contributed by atoms with van der Waals surface area (Å²) in [6, 6.07) is 0. The van der Waals surface area contributed by atoms with Crippen molar-refractivity contribution in [3.8, 4) is 0 Å². The minimum atomic E-state index is -3.78. The monoisotopic (exact) mass is 342 g/mol. The van der Waals surface area contributed by atoms with Crippen LogP contribution in [0.1, 0.15) is 6.23 Å². The molecular weight excluding hydrogens is 334 g/mol. The number of halogens is 3. The van der Waals surface area contributed by atoms with Crippen molar-refractivity contribution < 1.29 is 23.7 Å². The normalized spacial score (nSPS) is 29.6. The predicted molar refractivity (Wildman–Crippen MR) is 61.0 cm³/mol. The van der Waals surface area contributed by atoms with E-state index in [4.69, 9.17) is 9.84 Å². The third-order valence-electron chi connectivity index (χ3n) is 2.74. The number of rotatable bonds is 2. The number of aromatic nitrogens is 2. The Labute approximate surface area is 112 Å². The van der Waals surface area contributed by atoms with Gasteiger partial charge < -0.3 is 14.9 Å². The lowest BCUT2D eigenvalue weighted by Gasteiger charge is -2.21. The van der Waals surface area contributed by atoms with Gasteiger partial charge in [0.05, 0.1) is 11.1 Å². The molecule has 106 valence electrons. The van der Waals surface area contributed by atoms with Crippen molar-refractivity contribution in [2.45, 2.75) is 24.4 Å². The molecule has 0 spiro atoms. The maximum Gasteiger partial charge on any atom is 0.330 e. The van der Waals surface area contributed by atoms with Crippen molar-refractivity contribution in [1.29, 1.82) is 0 Å². The van der Waals surface area contributed by atoms with Crippen LogP contribution in [0.15, 0.2) is 20.3 Å². The summed E-state index contributed by atoms with van der Waals surface area (Å²) >= 11 is 2.80. The molecule has 1 aromatic heterocycles. The second-order valence-corrected chi connectivity index (χ2v) is 4.83. The van der Waals surface area contributed by atoms with Crippen LogP contribution in [0.25, 0.3) is 0 Å². The summed E-state index contributed by atoms with van der Waals surface area (Å²) in [6.07, 6.45) is -5.04. The number of ether oxygens (including phenoxy) is 1. The fraction of sp³-hybridized carbons (Fsp3) is 0.556. The Morgan fingerprint density at radius 1 is 1.53 bits per heavy atom. The van der Waals surface area contributed by atoms with E-state index < -0.39 is 42.2 Å². The van der Waals surface area contributed by atoms with Crippen molar-refractivity contribution in [2.24, 2.45) is 0 Å². The van der Waals surface area contributed by atoms with E-state index in [0.717, 1.165) is 6.20 Å². The minimum absolute atomic E-state index is 0.145. The molecule has 0 amide bonds. The largest absolute Gasteiger partial charge is 0.394 e. The van der Waals surface area contributed by atoms with Crippen molar-refractivity contribution in [3.05, 3.63) is 31.5 Å². The smallest absolute Gasteiger partial charge is 0.330 e. The van der Waals surface area contributed by atoms with Gasteiger partial charge in [-0.05, 0) is 15.9 Å². The lowest BCUT2D eigenvalue weighted by atomic mass is 10.1. The number of aromatic amines is 1. The minimum Gasteiger partial charge on any atom is -0.394 e. The first-order valence-corrected chi connectivity index (χ1v) is 5.91. The van der Waals surface area contributed by atoms with E-state index in [0.29, 0.717) is 4.57 Å². The van der Waals surface area contributed by atoms with Gasteiger partial charge in [0.1, 0.15) is 6.10 Å². The molecule has 0 radical (unpaired) electrons. The van der Waals surface area contributed by atoms with Crippen LogP contribution in [0.4, 0.5) is 8.78 Å². The van der Waals surface area contributed by atoms with Crippen LogP contribution in [0.3, 0.4) is 0 Å². The Bertz CT molecular complexity index is 601. The number of H-pyrrole nitrogens is 1. The summed E-state index contributed by atoms with van der Waals surface area (Å²) in [6.45, 7) is -0.827. The molecule has 10 heteroatoms. The molecule has 3 N–H and O–H groups in total. The number of hydrogen-bond acceptors (Lipinski definition) is 5. The van der Waals surface area contributed by atoms with Gasteiger partial charge in [-0.15, -0.1) is 0 Å². The first-order chi connectivity index (χ1) is 8.78. The van der Waals surface area contributed by atoms with E-state index in [9.17, 15) is 23.5 Å².